The second kappa shape index (κ2) is 6.44. The molecular weight excluding hydrogens is 276 g/mol. The number of ether oxygens (including phenoxy) is 1. The smallest absolute Gasteiger partial charge is 0.337 e. The molecule has 0 saturated carbocycles. The maximum Gasteiger partial charge on any atom is 0.337 e. The van der Waals surface area contributed by atoms with Crippen molar-refractivity contribution in [3.05, 3.63) is 53.1 Å². The topological polar surface area (TPSA) is 46.5 Å². The third-order valence-corrected chi connectivity index (χ3v) is 3.17. The summed E-state index contributed by atoms with van der Waals surface area (Å²) in [4.78, 5) is 10.9. The van der Waals surface area contributed by atoms with Gasteiger partial charge in [0.15, 0.2) is 0 Å². The van der Waals surface area contributed by atoms with Gasteiger partial charge in [0.25, 0.3) is 0 Å². The van der Waals surface area contributed by atoms with Gasteiger partial charge >= 0.3 is 5.97 Å². The highest BCUT2D eigenvalue weighted by Crippen LogP contribution is 2.27. The molecule has 0 aliphatic carbocycles. The first-order valence-corrected chi connectivity index (χ1v) is 6.75. The van der Waals surface area contributed by atoms with Crippen molar-refractivity contribution >= 4 is 17.6 Å². The molecule has 0 aromatic heterocycles. The van der Waals surface area contributed by atoms with Gasteiger partial charge < -0.3 is 9.84 Å². The van der Waals surface area contributed by atoms with E-state index in [2.05, 4.69) is 6.92 Å². The number of aromatic carboxylic acids is 1. The fourth-order valence-corrected chi connectivity index (χ4v) is 2.09. The summed E-state index contributed by atoms with van der Waals surface area (Å²) in [5.41, 5.74) is 1.95. The van der Waals surface area contributed by atoms with Crippen LogP contribution in [-0.2, 0) is 0 Å². The van der Waals surface area contributed by atoms with E-state index in [1.54, 1.807) is 12.1 Å². The van der Waals surface area contributed by atoms with Crippen LogP contribution in [0, 0.1) is 0 Å². The lowest BCUT2D eigenvalue weighted by molar-refractivity contribution is 0.0697. The Balaban J connectivity index is 2.23. The summed E-state index contributed by atoms with van der Waals surface area (Å²) in [5, 5.41) is 9.18. The quantitative estimate of drug-likeness (QED) is 0.882. The van der Waals surface area contributed by atoms with Gasteiger partial charge in [-0.25, -0.2) is 4.79 Å². The molecule has 0 aliphatic rings. The fourth-order valence-electron chi connectivity index (χ4n) is 1.83. The Morgan fingerprint density at radius 1 is 1.15 bits per heavy atom. The molecule has 20 heavy (non-hydrogen) atoms. The number of hydrogen-bond acceptors (Lipinski definition) is 2. The highest BCUT2D eigenvalue weighted by atomic mass is 35.5. The minimum atomic E-state index is -1.02. The van der Waals surface area contributed by atoms with E-state index in [9.17, 15) is 4.79 Å². The van der Waals surface area contributed by atoms with Gasteiger partial charge in [-0.15, -0.1) is 0 Å². The largest absolute Gasteiger partial charge is 0.494 e. The van der Waals surface area contributed by atoms with Crippen molar-refractivity contribution < 1.29 is 14.6 Å². The normalized spacial score (nSPS) is 10.3. The van der Waals surface area contributed by atoms with Crippen molar-refractivity contribution in [1.29, 1.82) is 0 Å². The summed E-state index contributed by atoms with van der Waals surface area (Å²) in [6.45, 7) is 2.75. The Morgan fingerprint density at radius 2 is 1.80 bits per heavy atom. The van der Waals surface area contributed by atoms with E-state index in [-0.39, 0.29) is 10.6 Å². The average Bonchev–Trinajstić information content (AvgIpc) is 2.45. The predicted molar refractivity (Wildman–Crippen MR) is 79.6 cm³/mol. The summed E-state index contributed by atoms with van der Waals surface area (Å²) in [7, 11) is 0. The Kier molecular flexibility index (Phi) is 4.64. The van der Waals surface area contributed by atoms with Crippen LogP contribution >= 0.6 is 11.6 Å². The summed E-state index contributed by atoms with van der Waals surface area (Å²) in [6.07, 6.45) is 0.966. The third kappa shape index (κ3) is 3.31. The van der Waals surface area contributed by atoms with Gasteiger partial charge in [-0.05, 0) is 41.8 Å². The van der Waals surface area contributed by atoms with Crippen LogP contribution in [0.1, 0.15) is 23.7 Å². The number of carboxylic acid groups (broad SMARTS) is 1. The summed E-state index contributed by atoms with van der Waals surface area (Å²) in [6, 6.07) is 12.6. The maximum absolute atomic E-state index is 10.9. The zero-order valence-corrected chi connectivity index (χ0v) is 11.9. The van der Waals surface area contributed by atoms with E-state index >= 15 is 0 Å². The van der Waals surface area contributed by atoms with Gasteiger partial charge in [-0.1, -0.05) is 36.7 Å². The van der Waals surface area contributed by atoms with Gasteiger partial charge in [0, 0.05) is 0 Å². The number of hydrogen-bond donors (Lipinski definition) is 1. The highest BCUT2D eigenvalue weighted by Gasteiger charge is 2.09. The molecule has 0 amide bonds. The van der Waals surface area contributed by atoms with E-state index in [0.29, 0.717) is 6.61 Å². The number of carboxylic acids is 1. The minimum absolute atomic E-state index is 0.110. The number of benzene rings is 2. The van der Waals surface area contributed by atoms with Gasteiger partial charge in [0.05, 0.1) is 17.2 Å². The molecule has 0 unspecified atom stereocenters. The Hall–Kier alpha value is -2.00. The average molecular weight is 291 g/mol. The molecule has 0 spiro atoms. The molecule has 104 valence electrons. The molecule has 3 nitrogen and oxygen atoms in total. The second-order valence-corrected chi connectivity index (χ2v) is 4.78. The summed E-state index contributed by atoms with van der Waals surface area (Å²) < 4.78 is 5.52. The predicted octanol–water partition coefficient (Wildman–Crippen LogP) is 4.49. The monoisotopic (exact) mass is 290 g/mol. The summed E-state index contributed by atoms with van der Waals surface area (Å²) >= 11 is 5.97. The van der Waals surface area contributed by atoms with E-state index in [1.165, 1.54) is 6.07 Å². The lowest BCUT2D eigenvalue weighted by Crippen LogP contribution is -1.97. The van der Waals surface area contributed by atoms with Crippen LogP contribution in [0.3, 0.4) is 0 Å². The van der Waals surface area contributed by atoms with Gasteiger partial charge in [-0.3, -0.25) is 0 Å². The van der Waals surface area contributed by atoms with Crippen molar-refractivity contribution in [2.24, 2.45) is 0 Å². The Labute approximate surface area is 122 Å². The SMILES string of the molecule is CCCOc1ccc(-c2ccc(C(=O)O)c(Cl)c2)cc1. The number of carbonyl (C=O) groups is 1. The summed E-state index contributed by atoms with van der Waals surface area (Å²) in [5.74, 6) is -0.200. The maximum atomic E-state index is 10.9. The molecule has 0 fully saturated rings. The van der Waals surface area contributed by atoms with Crippen molar-refractivity contribution in [2.75, 3.05) is 6.61 Å². The van der Waals surface area contributed by atoms with Gasteiger partial charge in [0.1, 0.15) is 5.75 Å². The molecular formula is C16H15ClO3. The van der Waals surface area contributed by atoms with E-state index in [4.69, 9.17) is 21.4 Å². The molecule has 2 rings (SSSR count). The fraction of sp³-hybridized carbons (Fsp3) is 0.188. The van der Waals surface area contributed by atoms with Crippen LogP contribution in [0.5, 0.6) is 5.75 Å². The Morgan fingerprint density at radius 3 is 2.35 bits per heavy atom. The first kappa shape index (κ1) is 14.4. The van der Waals surface area contributed by atoms with Crippen LogP contribution in [0.25, 0.3) is 11.1 Å². The zero-order chi connectivity index (χ0) is 14.5. The van der Waals surface area contributed by atoms with Crippen LogP contribution in [-0.4, -0.2) is 17.7 Å². The molecule has 2 aromatic carbocycles. The molecule has 1 N–H and O–H groups in total. The zero-order valence-electron chi connectivity index (χ0n) is 11.1. The molecule has 4 heteroatoms. The first-order valence-electron chi connectivity index (χ1n) is 6.38. The van der Waals surface area contributed by atoms with Crippen molar-refractivity contribution in [2.45, 2.75) is 13.3 Å². The Bertz CT molecular complexity index is 606. The number of rotatable bonds is 5. The van der Waals surface area contributed by atoms with Gasteiger partial charge in [-0.2, -0.15) is 0 Å². The van der Waals surface area contributed by atoms with Crippen molar-refractivity contribution in [3.8, 4) is 16.9 Å². The van der Waals surface area contributed by atoms with Gasteiger partial charge in [0.2, 0.25) is 0 Å². The molecule has 0 saturated heterocycles. The van der Waals surface area contributed by atoms with E-state index in [0.717, 1.165) is 23.3 Å². The minimum Gasteiger partial charge on any atom is -0.494 e. The third-order valence-electron chi connectivity index (χ3n) is 2.86. The first-order chi connectivity index (χ1) is 9.61. The molecule has 0 heterocycles. The van der Waals surface area contributed by atoms with Crippen LogP contribution in [0.15, 0.2) is 42.5 Å². The van der Waals surface area contributed by atoms with Crippen molar-refractivity contribution in [3.63, 3.8) is 0 Å². The van der Waals surface area contributed by atoms with Crippen molar-refractivity contribution in [1.82, 2.24) is 0 Å². The standard InChI is InChI=1S/C16H15ClO3/c1-2-9-20-13-6-3-11(4-7-13)12-5-8-14(16(18)19)15(17)10-12/h3-8,10H,2,9H2,1H3,(H,18,19). The molecule has 0 radical (unpaired) electrons. The second-order valence-electron chi connectivity index (χ2n) is 4.37. The van der Waals surface area contributed by atoms with Crippen LogP contribution in [0.4, 0.5) is 0 Å². The molecule has 2 aromatic rings. The number of halogens is 1. The van der Waals surface area contributed by atoms with E-state index in [1.807, 2.05) is 24.3 Å². The molecule has 0 bridgehead atoms. The van der Waals surface area contributed by atoms with Crippen LogP contribution < -0.4 is 4.74 Å². The van der Waals surface area contributed by atoms with E-state index < -0.39 is 5.97 Å². The molecule has 0 atom stereocenters. The van der Waals surface area contributed by atoms with Crippen LogP contribution in [0.2, 0.25) is 5.02 Å². The highest BCUT2D eigenvalue weighted by molar-refractivity contribution is 6.33. The lowest BCUT2D eigenvalue weighted by Gasteiger charge is -2.07. The lowest BCUT2D eigenvalue weighted by atomic mass is 10.0. The molecule has 0 aliphatic heterocycles.